The first-order valence-electron chi connectivity index (χ1n) is 6.47. The molecule has 7 heteroatoms. The lowest BCUT2D eigenvalue weighted by Crippen LogP contribution is -2.30. The predicted octanol–water partition coefficient (Wildman–Crippen LogP) is 3.82. The number of rotatable bonds is 3. The second kappa shape index (κ2) is 6.20. The highest BCUT2D eigenvalue weighted by Crippen LogP contribution is 2.38. The molecule has 0 radical (unpaired) electrons. The Kier molecular flexibility index (Phi) is 4.74. The first-order valence-corrected chi connectivity index (χ1v) is 7.23. The van der Waals surface area contributed by atoms with Crippen molar-refractivity contribution in [1.29, 1.82) is 0 Å². The smallest absolute Gasteiger partial charge is 0.307 e. The van der Waals surface area contributed by atoms with Gasteiger partial charge in [0, 0.05) is 0 Å². The average Bonchev–Trinajstić information content (AvgIpc) is 2.76. The molecular weight excluding hydrogens is 320 g/mol. The van der Waals surface area contributed by atoms with E-state index in [4.69, 9.17) is 23.2 Å². The lowest BCUT2D eigenvalue weighted by atomic mass is 9.95. The minimum absolute atomic E-state index is 0.0220. The zero-order valence-electron chi connectivity index (χ0n) is 11.2. The van der Waals surface area contributed by atoms with Gasteiger partial charge in [-0.05, 0) is 30.9 Å². The molecule has 0 heterocycles. The summed E-state index contributed by atoms with van der Waals surface area (Å²) in [5, 5.41) is 11.7. The third-order valence-electron chi connectivity index (χ3n) is 3.71. The number of carboxylic acids is 1. The van der Waals surface area contributed by atoms with E-state index in [1.807, 2.05) is 6.92 Å². The fourth-order valence-corrected chi connectivity index (χ4v) is 3.29. The van der Waals surface area contributed by atoms with Crippen molar-refractivity contribution in [1.82, 2.24) is 0 Å². The Balaban J connectivity index is 2.20. The van der Waals surface area contributed by atoms with E-state index in [0.29, 0.717) is 12.8 Å². The van der Waals surface area contributed by atoms with Crippen molar-refractivity contribution in [3.63, 3.8) is 0 Å². The van der Waals surface area contributed by atoms with Gasteiger partial charge in [-0.1, -0.05) is 30.1 Å². The van der Waals surface area contributed by atoms with E-state index in [0.717, 1.165) is 12.1 Å². The molecule has 1 fully saturated rings. The summed E-state index contributed by atoms with van der Waals surface area (Å²) in [5.41, 5.74) is 0.105. The number of hydrogen-bond donors (Lipinski definition) is 2. The number of carbonyl (C=O) groups is 2. The molecule has 1 aromatic carbocycles. The minimum atomic E-state index is -0.990. The summed E-state index contributed by atoms with van der Waals surface area (Å²) >= 11 is 11.7. The van der Waals surface area contributed by atoms with E-state index in [1.54, 1.807) is 0 Å². The monoisotopic (exact) mass is 333 g/mol. The van der Waals surface area contributed by atoms with Crippen molar-refractivity contribution in [2.24, 2.45) is 17.8 Å². The van der Waals surface area contributed by atoms with Gasteiger partial charge in [0.1, 0.15) is 5.82 Å². The van der Waals surface area contributed by atoms with Gasteiger partial charge in [0.15, 0.2) is 0 Å². The van der Waals surface area contributed by atoms with Gasteiger partial charge in [0.05, 0.1) is 27.6 Å². The number of amides is 1. The molecule has 1 aliphatic carbocycles. The molecule has 1 aromatic rings. The van der Waals surface area contributed by atoms with Crippen molar-refractivity contribution >= 4 is 40.8 Å². The van der Waals surface area contributed by atoms with Crippen LogP contribution in [0.15, 0.2) is 12.1 Å². The Bertz CT molecular complexity index is 571. The van der Waals surface area contributed by atoms with Crippen molar-refractivity contribution < 1.29 is 19.1 Å². The van der Waals surface area contributed by atoms with Crippen LogP contribution >= 0.6 is 23.2 Å². The van der Waals surface area contributed by atoms with Gasteiger partial charge in [-0.3, -0.25) is 9.59 Å². The van der Waals surface area contributed by atoms with Gasteiger partial charge in [0.2, 0.25) is 5.91 Å². The number of halogens is 3. The Labute approximate surface area is 131 Å². The van der Waals surface area contributed by atoms with Gasteiger partial charge >= 0.3 is 5.97 Å². The lowest BCUT2D eigenvalue weighted by Gasteiger charge is -2.17. The molecule has 1 amide bonds. The van der Waals surface area contributed by atoms with Gasteiger partial charge in [-0.15, -0.1) is 0 Å². The summed E-state index contributed by atoms with van der Waals surface area (Å²) < 4.78 is 13.1. The van der Waals surface area contributed by atoms with E-state index in [9.17, 15) is 19.1 Å². The Morgan fingerprint density at radius 3 is 2.29 bits per heavy atom. The molecule has 2 N–H and O–H groups in total. The number of carbonyl (C=O) groups excluding carboxylic acids is 1. The van der Waals surface area contributed by atoms with Crippen molar-refractivity contribution in [2.45, 2.75) is 19.8 Å². The van der Waals surface area contributed by atoms with Crippen molar-refractivity contribution in [2.75, 3.05) is 5.32 Å². The summed E-state index contributed by atoms with van der Waals surface area (Å²) in [6, 6.07) is 2.07. The fourth-order valence-electron chi connectivity index (χ4n) is 2.73. The number of anilines is 1. The summed E-state index contributed by atoms with van der Waals surface area (Å²) in [6.45, 7) is 1.90. The molecule has 4 nitrogen and oxygen atoms in total. The van der Waals surface area contributed by atoms with E-state index in [-0.39, 0.29) is 21.7 Å². The highest BCUT2D eigenvalue weighted by atomic mass is 35.5. The van der Waals surface area contributed by atoms with Crippen LogP contribution in [0, 0.1) is 23.6 Å². The number of nitrogens with one attached hydrogen (secondary N) is 1. The van der Waals surface area contributed by atoms with Crippen LogP contribution < -0.4 is 5.32 Å². The van der Waals surface area contributed by atoms with E-state index >= 15 is 0 Å². The van der Waals surface area contributed by atoms with Crippen molar-refractivity contribution in [3.8, 4) is 0 Å². The summed E-state index contributed by atoms with van der Waals surface area (Å²) in [5.74, 6) is -3.27. The van der Waals surface area contributed by atoms with Crippen LogP contribution in [0.1, 0.15) is 19.8 Å². The van der Waals surface area contributed by atoms with Gasteiger partial charge < -0.3 is 10.4 Å². The van der Waals surface area contributed by atoms with Crippen LogP contribution in [0.4, 0.5) is 10.1 Å². The molecule has 114 valence electrons. The van der Waals surface area contributed by atoms with E-state index in [2.05, 4.69) is 5.32 Å². The molecule has 0 saturated heterocycles. The first kappa shape index (κ1) is 16.0. The van der Waals surface area contributed by atoms with Gasteiger partial charge in [0.25, 0.3) is 0 Å². The number of hydrogen-bond acceptors (Lipinski definition) is 2. The Morgan fingerprint density at radius 1 is 1.24 bits per heavy atom. The number of carboxylic acid groups (broad SMARTS) is 1. The molecule has 2 rings (SSSR count). The summed E-state index contributed by atoms with van der Waals surface area (Å²) in [6.07, 6.45) is 0.942. The standard InChI is InChI=1S/C14H14Cl2FNO3/c1-6-2-8(9(3-6)14(20)21)13(19)18-12-10(15)4-7(17)5-11(12)16/h4-6,8-9H,2-3H2,1H3,(H,18,19)(H,20,21). The molecule has 1 aliphatic rings. The highest BCUT2D eigenvalue weighted by Gasteiger charge is 2.41. The van der Waals surface area contributed by atoms with Crippen molar-refractivity contribution in [3.05, 3.63) is 28.0 Å². The molecule has 0 bridgehead atoms. The van der Waals surface area contributed by atoms with Gasteiger partial charge in [-0.2, -0.15) is 0 Å². The number of benzene rings is 1. The molecule has 0 spiro atoms. The zero-order chi connectivity index (χ0) is 15.7. The largest absolute Gasteiger partial charge is 0.481 e. The van der Waals surface area contributed by atoms with Crippen LogP contribution in [0.3, 0.4) is 0 Å². The molecule has 3 unspecified atom stereocenters. The van der Waals surface area contributed by atoms with E-state index in [1.165, 1.54) is 0 Å². The van der Waals surface area contributed by atoms with E-state index < -0.39 is 29.5 Å². The maximum atomic E-state index is 13.1. The molecule has 1 saturated carbocycles. The quantitative estimate of drug-likeness (QED) is 0.883. The molecule has 3 atom stereocenters. The predicted molar refractivity (Wildman–Crippen MR) is 78.1 cm³/mol. The Hall–Kier alpha value is -1.33. The topological polar surface area (TPSA) is 66.4 Å². The molecule has 0 aromatic heterocycles. The first-order chi connectivity index (χ1) is 9.79. The molecular formula is C14H14Cl2FNO3. The Morgan fingerprint density at radius 2 is 1.76 bits per heavy atom. The molecule has 21 heavy (non-hydrogen) atoms. The van der Waals surface area contributed by atoms with Gasteiger partial charge in [-0.25, -0.2) is 4.39 Å². The molecule has 0 aliphatic heterocycles. The third-order valence-corrected chi connectivity index (χ3v) is 4.30. The summed E-state index contributed by atoms with van der Waals surface area (Å²) in [4.78, 5) is 23.5. The van der Waals surface area contributed by atoms with Crippen LogP contribution in [0.25, 0.3) is 0 Å². The number of aliphatic carboxylic acids is 1. The highest BCUT2D eigenvalue weighted by molar-refractivity contribution is 6.39. The zero-order valence-corrected chi connectivity index (χ0v) is 12.7. The SMILES string of the molecule is CC1CC(C(=O)O)C(C(=O)Nc2c(Cl)cc(F)cc2Cl)C1. The minimum Gasteiger partial charge on any atom is -0.481 e. The second-order valence-electron chi connectivity index (χ2n) is 5.36. The van der Waals surface area contributed by atoms with Crippen LogP contribution in [-0.4, -0.2) is 17.0 Å². The van der Waals surface area contributed by atoms with Crippen LogP contribution in [-0.2, 0) is 9.59 Å². The second-order valence-corrected chi connectivity index (χ2v) is 6.18. The fraction of sp³-hybridized carbons (Fsp3) is 0.429. The van der Waals surface area contributed by atoms with Crippen LogP contribution in [0.2, 0.25) is 10.0 Å². The third kappa shape index (κ3) is 3.47. The normalized spacial score (nSPS) is 24.9. The lowest BCUT2D eigenvalue weighted by molar-refractivity contribution is -0.145. The van der Waals surface area contributed by atoms with Crippen LogP contribution in [0.5, 0.6) is 0 Å². The summed E-state index contributed by atoms with van der Waals surface area (Å²) in [7, 11) is 0. The average molecular weight is 334 g/mol. The maximum absolute atomic E-state index is 13.1. The maximum Gasteiger partial charge on any atom is 0.307 e.